The lowest BCUT2D eigenvalue weighted by Gasteiger charge is -2.09. The summed E-state index contributed by atoms with van der Waals surface area (Å²) in [6, 6.07) is 13.3. The number of carbonyl (C=O) groups is 2. The van der Waals surface area contributed by atoms with Gasteiger partial charge in [-0.2, -0.15) is 5.10 Å². The molecule has 6 nitrogen and oxygen atoms in total. The van der Waals surface area contributed by atoms with Gasteiger partial charge in [-0.25, -0.2) is 9.07 Å². The van der Waals surface area contributed by atoms with Gasteiger partial charge in [0.2, 0.25) is 11.8 Å². The van der Waals surface area contributed by atoms with Crippen molar-refractivity contribution in [3.8, 4) is 5.69 Å². The van der Waals surface area contributed by atoms with Crippen molar-refractivity contribution in [3.63, 3.8) is 0 Å². The molecule has 0 aliphatic rings. The number of hydrogen-bond donors (Lipinski definition) is 2. The SMILES string of the molecule is CCc1ccccc1NC(=O)CNC(=O)/C=C/c1c(C)nn(-c2ccc(F)cc2)c1Cl. The van der Waals surface area contributed by atoms with Crippen LogP contribution >= 0.6 is 11.6 Å². The van der Waals surface area contributed by atoms with E-state index in [9.17, 15) is 14.0 Å². The van der Waals surface area contributed by atoms with Crippen molar-refractivity contribution in [2.24, 2.45) is 0 Å². The maximum atomic E-state index is 13.1. The smallest absolute Gasteiger partial charge is 0.244 e. The molecule has 0 aliphatic carbocycles. The Morgan fingerprint density at radius 3 is 2.58 bits per heavy atom. The predicted molar refractivity (Wildman–Crippen MR) is 120 cm³/mol. The van der Waals surface area contributed by atoms with Crippen LogP contribution < -0.4 is 10.6 Å². The molecule has 160 valence electrons. The molecule has 8 heteroatoms. The van der Waals surface area contributed by atoms with E-state index in [1.165, 1.54) is 29.0 Å². The highest BCUT2D eigenvalue weighted by atomic mass is 35.5. The molecule has 2 aromatic carbocycles. The molecule has 0 saturated carbocycles. The van der Waals surface area contributed by atoms with Crippen LogP contribution in [0.25, 0.3) is 11.8 Å². The Balaban J connectivity index is 1.61. The van der Waals surface area contributed by atoms with E-state index >= 15 is 0 Å². The van der Waals surface area contributed by atoms with Crippen LogP contribution in [0.15, 0.2) is 54.6 Å². The van der Waals surface area contributed by atoms with E-state index in [2.05, 4.69) is 15.7 Å². The topological polar surface area (TPSA) is 76.0 Å². The molecule has 2 amide bonds. The molecular weight excluding hydrogens is 419 g/mol. The first-order valence-electron chi connectivity index (χ1n) is 9.73. The fourth-order valence-corrected chi connectivity index (χ4v) is 3.32. The number of benzene rings is 2. The molecule has 0 unspecified atom stereocenters. The van der Waals surface area contributed by atoms with Gasteiger partial charge in [0, 0.05) is 17.3 Å². The maximum Gasteiger partial charge on any atom is 0.244 e. The molecule has 0 atom stereocenters. The van der Waals surface area contributed by atoms with Crippen molar-refractivity contribution < 1.29 is 14.0 Å². The second-order valence-electron chi connectivity index (χ2n) is 6.79. The van der Waals surface area contributed by atoms with Gasteiger partial charge in [-0.3, -0.25) is 9.59 Å². The monoisotopic (exact) mass is 440 g/mol. The first kappa shape index (κ1) is 22.2. The van der Waals surface area contributed by atoms with E-state index in [4.69, 9.17) is 11.6 Å². The molecule has 0 saturated heterocycles. The van der Waals surface area contributed by atoms with Crippen LogP contribution in [0.2, 0.25) is 5.15 Å². The zero-order valence-corrected chi connectivity index (χ0v) is 17.9. The Labute approximate surface area is 184 Å². The predicted octanol–water partition coefficient (Wildman–Crippen LogP) is 4.30. The highest BCUT2D eigenvalue weighted by molar-refractivity contribution is 6.31. The number of nitrogens with zero attached hydrogens (tertiary/aromatic N) is 2. The number of carbonyl (C=O) groups excluding carboxylic acids is 2. The highest BCUT2D eigenvalue weighted by Crippen LogP contribution is 2.24. The molecule has 0 bridgehead atoms. The Morgan fingerprint density at radius 2 is 1.87 bits per heavy atom. The maximum absolute atomic E-state index is 13.1. The van der Waals surface area contributed by atoms with Gasteiger partial charge in [-0.15, -0.1) is 0 Å². The third-order valence-electron chi connectivity index (χ3n) is 4.62. The normalized spacial score (nSPS) is 11.0. The van der Waals surface area contributed by atoms with Crippen LogP contribution in [-0.4, -0.2) is 28.1 Å². The van der Waals surface area contributed by atoms with E-state index in [1.54, 1.807) is 19.1 Å². The van der Waals surface area contributed by atoms with Crippen LogP contribution in [0.1, 0.15) is 23.7 Å². The van der Waals surface area contributed by atoms with Gasteiger partial charge in [-0.05, 0) is 55.3 Å². The lowest BCUT2D eigenvalue weighted by atomic mass is 10.1. The molecule has 3 aromatic rings. The fraction of sp³-hybridized carbons (Fsp3) is 0.174. The molecule has 0 radical (unpaired) electrons. The van der Waals surface area contributed by atoms with Crippen molar-refractivity contribution >= 4 is 35.2 Å². The minimum Gasteiger partial charge on any atom is -0.343 e. The zero-order valence-electron chi connectivity index (χ0n) is 17.2. The molecule has 3 rings (SSSR count). The van der Waals surface area contributed by atoms with Gasteiger partial charge < -0.3 is 10.6 Å². The van der Waals surface area contributed by atoms with Gasteiger partial charge in [-0.1, -0.05) is 36.7 Å². The lowest BCUT2D eigenvalue weighted by molar-refractivity contribution is -0.121. The number of rotatable bonds is 7. The average Bonchev–Trinajstić information content (AvgIpc) is 3.05. The number of hydrogen-bond acceptors (Lipinski definition) is 3. The average molecular weight is 441 g/mol. The van der Waals surface area contributed by atoms with Gasteiger partial charge in [0.1, 0.15) is 11.0 Å². The zero-order chi connectivity index (χ0) is 22.4. The van der Waals surface area contributed by atoms with Crippen molar-refractivity contribution in [2.75, 3.05) is 11.9 Å². The number of para-hydroxylation sites is 1. The second-order valence-corrected chi connectivity index (χ2v) is 7.15. The Kier molecular flexibility index (Phi) is 7.20. The summed E-state index contributed by atoms with van der Waals surface area (Å²) in [5.41, 5.74) is 3.51. The first-order valence-corrected chi connectivity index (χ1v) is 10.1. The third kappa shape index (κ3) is 5.58. The summed E-state index contributed by atoms with van der Waals surface area (Å²) in [4.78, 5) is 24.3. The summed E-state index contributed by atoms with van der Waals surface area (Å²) in [6.45, 7) is 3.59. The van der Waals surface area contributed by atoms with Crippen LogP contribution in [0.3, 0.4) is 0 Å². The largest absolute Gasteiger partial charge is 0.343 e. The van der Waals surface area contributed by atoms with Crippen LogP contribution in [0.5, 0.6) is 0 Å². The van der Waals surface area contributed by atoms with Gasteiger partial charge >= 0.3 is 0 Å². The summed E-state index contributed by atoms with van der Waals surface area (Å²) < 4.78 is 14.6. The lowest BCUT2D eigenvalue weighted by Crippen LogP contribution is -2.31. The number of aromatic nitrogens is 2. The molecule has 1 heterocycles. The third-order valence-corrected chi connectivity index (χ3v) is 4.98. The Hall–Kier alpha value is -3.45. The van der Waals surface area contributed by atoms with E-state index < -0.39 is 5.91 Å². The Bertz CT molecular complexity index is 1120. The summed E-state index contributed by atoms with van der Waals surface area (Å²) in [5, 5.41) is 9.97. The minimum atomic E-state index is -0.441. The highest BCUT2D eigenvalue weighted by Gasteiger charge is 2.13. The second kappa shape index (κ2) is 10.0. The number of amides is 2. The van der Waals surface area contributed by atoms with Crippen molar-refractivity contribution in [1.29, 1.82) is 0 Å². The van der Waals surface area contributed by atoms with Crippen molar-refractivity contribution in [2.45, 2.75) is 20.3 Å². The minimum absolute atomic E-state index is 0.164. The summed E-state index contributed by atoms with van der Waals surface area (Å²) >= 11 is 6.39. The molecule has 0 aliphatic heterocycles. The number of nitrogens with one attached hydrogen (secondary N) is 2. The summed E-state index contributed by atoms with van der Waals surface area (Å²) in [7, 11) is 0. The molecule has 0 spiro atoms. The summed E-state index contributed by atoms with van der Waals surface area (Å²) in [6.07, 6.45) is 3.61. The first-order chi connectivity index (χ1) is 14.9. The quantitative estimate of drug-likeness (QED) is 0.538. The summed E-state index contributed by atoms with van der Waals surface area (Å²) in [5.74, 6) is -1.12. The van der Waals surface area contributed by atoms with Gasteiger partial charge in [0.25, 0.3) is 0 Å². The van der Waals surface area contributed by atoms with E-state index in [-0.39, 0.29) is 18.3 Å². The molecule has 2 N–H and O–H groups in total. The fourth-order valence-electron chi connectivity index (χ4n) is 2.98. The molecular formula is C23H22ClFN4O2. The number of aryl methyl sites for hydroxylation is 2. The number of anilines is 1. The van der Waals surface area contributed by atoms with Crippen molar-refractivity contribution in [3.05, 3.63) is 82.4 Å². The number of halogens is 2. The van der Waals surface area contributed by atoms with E-state index in [1.807, 2.05) is 31.2 Å². The van der Waals surface area contributed by atoms with Gasteiger partial charge in [0.05, 0.1) is 17.9 Å². The van der Waals surface area contributed by atoms with Crippen LogP contribution in [-0.2, 0) is 16.0 Å². The van der Waals surface area contributed by atoms with Crippen LogP contribution in [0.4, 0.5) is 10.1 Å². The van der Waals surface area contributed by atoms with Crippen molar-refractivity contribution in [1.82, 2.24) is 15.1 Å². The molecule has 31 heavy (non-hydrogen) atoms. The standard InChI is InChI=1S/C23H22ClFN4O2/c1-3-16-6-4-5-7-20(16)27-22(31)14-26-21(30)13-12-19-15(2)28-29(23(19)24)18-10-8-17(25)9-11-18/h4-13H,3,14H2,1-2H3,(H,26,30)(H,27,31)/b13-12+. The molecule has 1 aromatic heterocycles. The Morgan fingerprint density at radius 1 is 1.16 bits per heavy atom. The molecule has 0 fully saturated rings. The van der Waals surface area contributed by atoms with E-state index in [0.717, 1.165) is 17.7 Å². The van der Waals surface area contributed by atoms with Crippen LogP contribution in [0, 0.1) is 12.7 Å². The van der Waals surface area contributed by atoms with Gasteiger partial charge in [0.15, 0.2) is 0 Å². The van der Waals surface area contributed by atoms with E-state index in [0.29, 0.717) is 22.1 Å².